The van der Waals surface area contributed by atoms with Crippen LogP contribution < -0.4 is 10.6 Å². The normalized spacial score (nSPS) is 19.3. The van der Waals surface area contributed by atoms with Gasteiger partial charge in [-0.3, -0.25) is 9.59 Å². The summed E-state index contributed by atoms with van der Waals surface area (Å²) in [4.78, 5) is 25.3. The van der Waals surface area contributed by atoms with Crippen LogP contribution in [0.5, 0.6) is 0 Å². The summed E-state index contributed by atoms with van der Waals surface area (Å²) in [7, 11) is 0. The molecule has 108 valence electrons. The van der Waals surface area contributed by atoms with Crippen LogP contribution in [0.4, 0.5) is 5.69 Å². The average Bonchev–Trinajstić information content (AvgIpc) is 2.45. The summed E-state index contributed by atoms with van der Waals surface area (Å²) < 4.78 is 0. The summed E-state index contributed by atoms with van der Waals surface area (Å²) in [5.41, 5.74) is 7.25. The minimum absolute atomic E-state index is 0.0318. The van der Waals surface area contributed by atoms with Gasteiger partial charge in [-0.25, -0.2) is 0 Å². The molecule has 2 rings (SSSR count). The molecule has 1 aliphatic heterocycles. The molecule has 1 heterocycles. The third-order valence-electron chi connectivity index (χ3n) is 3.80. The van der Waals surface area contributed by atoms with E-state index in [9.17, 15) is 14.7 Å². The Bertz CT molecular complexity index is 516. The van der Waals surface area contributed by atoms with Gasteiger partial charge in [-0.1, -0.05) is 25.1 Å². The lowest BCUT2D eigenvalue weighted by Crippen LogP contribution is -2.40. The summed E-state index contributed by atoms with van der Waals surface area (Å²) in [6.45, 7) is 2.38. The maximum absolute atomic E-state index is 12.3. The highest BCUT2D eigenvalue weighted by Crippen LogP contribution is 2.35. The molecule has 5 nitrogen and oxygen atoms in total. The highest BCUT2D eigenvalue weighted by atomic mass is 16.4. The van der Waals surface area contributed by atoms with Crippen LogP contribution in [0.3, 0.4) is 0 Å². The Morgan fingerprint density at radius 1 is 1.45 bits per heavy atom. The molecule has 5 heteroatoms. The number of amides is 1. The molecular weight excluding hydrogens is 256 g/mol. The van der Waals surface area contributed by atoms with E-state index in [1.807, 2.05) is 13.0 Å². The number of hydrogen-bond acceptors (Lipinski definition) is 3. The fraction of sp³-hybridized carbons (Fsp3) is 0.467. The van der Waals surface area contributed by atoms with Crippen molar-refractivity contribution in [1.29, 1.82) is 0 Å². The van der Waals surface area contributed by atoms with Crippen molar-refractivity contribution < 1.29 is 14.7 Å². The standard InChI is InChI=1S/C15H20N2O3/c1-2-10(16)9-14(18)17-8-7-12(15(19)20)11-5-3-4-6-13(11)17/h3-6,10,12H,2,7-9,16H2,1H3,(H,19,20). The van der Waals surface area contributed by atoms with Gasteiger partial charge in [-0.05, 0) is 24.5 Å². The predicted octanol–water partition coefficient (Wildman–Crippen LogP) is 1.72. The van der Waals surface area contributed by atoms with Crippen LogP contribution in [0, 0.1) is 0 Å². The van der Waals surface area contributed by atoms with Crippen LogP contribution in [0.15, 0.2) is 24.3 Å². The molecular formula is C15H20N2O3. The highest BCUT2D eigenvalue weighted by molar-refractivity contribution is 5.96. The summed E-state index contributed by atoms with van der Waals surface area (Å²) in [6.07, 6.45) is 1.49. The first kappa shape index (κ1) is 14.5. The molecule has 0 spiro atoms. The van der Waals surface area contributed by atoms with E-state index in [0.29, 0.717) is 30.6 Å². The van der Waals surface area contributed by atoms with E-state index in [4.69, 9.17) is 5.73 Å². The first-order valence-corrected chi connectivity index (χ1v) is 6.92. The highest BCUT2D eigenvalue weighted by Gasteiger charge is 2.32. The van der Waals surface area contributed by atoms with E-state index < -0.39 is 11.9 Å². The number of nitrogens with zero attached hydrogens (tertiary/aromatic N) is 1. The van der Waals surface area contributed by atoms with Crippen LogP contribution in [0.25, 0.3) is 0 Å². The van der Waals surface area contributed by atoms with E-state index in [0.717, 1.165) is 6.42 Å². The van der Waals surface area contributed by atoms with Crippen molar-refractivity contribution in [1.82, 2.24) is 0 Å². The first-order chi connectivity index (χ1) is 9.54. The maximum atomic E-state index is 12.3. The second-order valence-corrected chi connectivity index (χ2v) is 5.16. The third kappa shape index (κ3) is 2.82. The van der Waals surface area contributed by atoms with Crippen LogP contribution in [-0.2, 0) is 9.59 Å². The Morgan fingerprint density at radius 3 is 2.80 bits per heavy atom. The van der Waals surface area contributed by atoms with Crippen LogP contribution in [-0.4, -0.2) is 29.6 Å². The Labute approximate surface area is 118 Å². The fourth-order valence-electron chi connectivity index (χ4n) is 2.56. The molecule has 2 atom stereocenters. The van der Waals surface area contributed by atoms with Gasteiger partial charge in [0, 0.05) is 24.7 Å². The lowest BCUT2D eigenvalue weighted by Gasteiger charge is -2.33. The fourth-order valence-corrected chi connectivity index (χ4v) is 2.56. The first-order valence-electron chi connectivity index (χ1n) is 6.92. The summed E-state index contributed by atoms with van der Waals surface area (Å²) >= 11 is 0. The number of aliphatic carboxylic acids is 1. The topological polar surface area (TPSA) is 83.6 Å². The van der Waals surface area contributed by atoms with Crippen molar-refractivity contribution in [2.75, 3.05) is 11.4 Å². The van der Waals surface area contributed by atoms with Gasteiger partial charge in [-0.15, -0.1) is 0 Å². The molecule has 0 saturated carbocycles. The zero-order valence-electron chi connectivity index (χ0n) is 11.6. The maximum Gasteiger partial charge on any atom is 0.311 e. The van der Waals surface area contributed by atoms with Crippen LogP contribution in [0.2, 0.25) is 0 Å². The second kappa shape index (κ2) is 6.05. The number of nitrogens with two attached hydrogens (primary N) is 1. The third-order valence-corrected chi connectivity index (χ3v) is 3.80. The van der Waals surface area contributed by atoms with Crippen molar-refractivity contribution in [3.05, 3.63) is 29.8 Å². The van der Waals surface area contributed by atoms with Gasteiger partial charge in [0.25, 0.3) is 0 Å². The zero-order valence-corrected chi connectivity index (χ0v) is 11.6. The van der Waals surface area contributed by atoms with Crippen molar-refractivity contribution in [3.8, 4) is 0 Å². The summed E-state index contributed by atoms with van der Waals surface area (Å²) in [6, 6.07) is 7.07. The number of carbonyl (C=O) groups excluding carboxylic acids is 1. The van der Waals surface area contributed by atoms with Gasteiger partial charge < -0.3 is 15.7 Å². The molecule has 0 radical (unpaired) electrons. The smallest absolute Gasteiger partial charge is 0.311 e. The number of anilines is 1. The van der Waals surface area contributed by atoms with Gasteiger partial charge in [0.05, 0.1) is 5.92 Å². The van der Waals surface area contributed by atoms with Crippen molar-refractivity contribution >= 4 is 17.6 Å². The van der Waals surface area contributed by atoms with Gasteiger partial charge in [0.15, 0.2) is 0 Å². The van der Waals surface area contributed by atoms with Crippen LogP contribution in [0.1, 0.15) is 37.7 Å². The Hall–Kier alpha value is -1.88. The molecule has 20 heavy (non-hydrogen) atoms. The van der Waals surface area contributed by atoms with Gasteiger partial charge >= 0.3 is 5.97 Å². The number of carboxylic acids is 1. The molecule has 2 unspecified atom stereocenters. The van der Waals surface area contributed by atoms with E-state index in [1.54, 1.807) is 23.1 Å². The lowest BCUT2D eigenvalue weighted by atomic mass is 9.89. The largest absolute Gasteiger partial charge is 0.481 e. The number of carbonyl (C=O) groups is 2. The van der Waals surface area contributed by atoms with Gasteiger partial charge in [0.1, 0.15) is 0 Å². The Kier molecular flexibility index (Phi) is 4.39. The molecule has 1 aromatic carbocycles. The number of carboxylic acid groups (broad SMARTS) is 1. The molecule has 3 N–H and O–H groups in total. The number of benzene rings is 1. The average molecular weight is 276 g/mol. The molecule has 0 aliphatic carbocycles. The van der Waals surface area contributed by atoms with Crippen LogP contribution >= 0.6 is 0 Å². The number of hydrogen-bond donors (Lipinski definition) is 2. The molecule has 0 bridgehead atoms. The van der Waals surface area contributed by atoms with Crippen molar-refractivity contribution in [2.24, 2.45) is 5.73 Å². The molecule has 1 aliphatic rings. The lowest BCUT2D eigenvalue weighted by molar-refractivity contribution is -0.139. The molecule has 0 fully saturated rings. The molecule has 0 saturated heterocycles. The predicted molar refractivity (Wildman–Crippen MR) is 76.7 cm³/mol. The van der Waals surface area contributed by atoms with Crippen molar-refractivity contribution in [3.63, 3.8) is 0 Å². The molecule has 1 amide bonds. The van der Waals surface area contributed by atoms with Crippen molar-refractivity contribution in [2.45, 2.75) is 38.1 Å². The monoisotopic (exact) mass is 276 g/mol. The minimum atomic E-state index is -0.838. The van der Waals surface area contributed by atoms with Gasteiger partial charge in [0.2, 0.25) is 5.91 Å². The zero-order chi connectivity index (χ0) is 14.7. The number of para-hydroxylation sites is 1. The Balaban J connectivity index is 2.27. The van der Waals surface area contributed by atoms with E-state index in [2.05, 4.69) is 0 Å². The molecule has 0 aromatic heterocycles. The number of fused-ring (bicyclic) bond motifs is 1. The summed E-state index contributed by atoms with van der Waals surface area (Å²) in [5.74, 6) is -1.40. The second-order valence-electron chi connectivity index (χ2n) is 5.16. The van der Waals surface area contributed by atoms with E-state index in [1.165, 1.54) is 0 Å². The Morgan fingerprint density at radius 2 is 2.15 bits per heavy atom. The number of rotatable bonds is 4. The quantitative estimate of drug-likeness (QED) is 0.877. The molecule has 1 aromatic rings. The van der Waals surface area contributed by atoms with E-state index in [-0.39, 0.29) is 11.9 Å². The van der Waals surface area contributed by atoms with E-state index >= 15 is 0 Å². The summed E-state index contributed by atoms with van der Waals surface area (Å²) in [5, 5.41) is 9.27. The van der Waals surface area contributed by atoms with Gasteiger partial charge in [-0.2, -0.15) is 0 Å². The minimum Gasteiger partial charge on any atom is -0.481 e. The SMILES string of the molecule is CCC(N)CC(=O)N1CCC(C(=O)O)c2ccccc21.